The van der Waals surface area contributed by atoms with E-state index in [0.29, 0.717) is 35.7 Å². The van der Waals surface area contributed by atoms with Gasteiger partial charge in [0.05, 0.1) is 23.0 Å². The summed E-state index contributed by atoms with van der Waals surface area (Å²) in [6, 6.07) is 16.8. The first-order valence-electron chi connectivity index (χ1n) is 9.46. The summed E-state index contributed by atoms with van der Waals surface area (Å²) < 4.78 is 15.0. The van der Waals surface area contributed by atoms with E-state index in [9.17, 15) is 9.18 Å². The predicted octanol–water partition coefficient (Wildman–Crippen LogP) is 3.11. The number of aromatic nitrogens is 2. The molecular weight excluding hydrogens is 369 g/mol. The van der Waals surface area contributed by atoms with Crippen LogP contribution < -0.4 is 5.73 Å². The van der Waals surface area contributed by atoms with Crippen LogP contribution in [-0.2, 0) is 0 Å². The normalized spacial score (nSPS) is 16.4. The van der Waals surface area contributed by atoms with Crippen LogP contribution in [0.1, 0.15) is 28.9 Å². The van der Waals surface area contributed by atoms with Crippen molar-refractivity contribution < 1.29 is 9.18 Å². The van der Waals surface area contributed by atoms with Gasteiger partial charge in [-0.25, -0.2) is 9.07 Å². The summed E-state index contributed by atoms with van der Waals surface area (Å²) in [7, 11) is 0. The van der Waals surface area contributed by atoms with E-state index < -0.39 is 0 Å². The number of halogens is 1. The molecule has 146 valence electrons. The number of nitrogens with zero attached hydrogens (tertiary/aromatic N) is 4. The van der Waals surface area contributed by atoms with Gasteiger partial charge in [-0.1, -0.05) is 12.1 Å². The second kappa shape index (κ2) is 7.86. The second-order valence-corrected chi connectivity index (χ2v) is 7.15. The fraction of sp³-hybridized carbons (Fsp3) is 0.227. The van der Waals surface area contributed by atoms with Crippen LogP contribution in [-0.4, -0.2) is 39.7 Å². The number of nitriles is 1. The number of hydrogen-bond donors (Lipinski definition) is 1. The van der Waals surface area contributed by atoms with E-state index in [0.717, 1.165) is 18.4 Å². The third-order valence-corrected chi connectivity index (χ3v) is 5.05. The molecule has 0 saturated carbocycles. The lowest BCUT2D eigenvalue weighted by Crippen LogP contribution is -2.45. The SMILES string of the molecule is N#Cc1ccc(-c2cc(C(=O)N3CCCC(N)C3)nn2-c2ccc(F)cc2)cc1. The molecule has 1 unspecified atom stereocenters. The average Bonchev–Trinajstić information content (AvgIpc) is 3.19. The van der Waals surface area contributed by atoms with Gasteiger partial charge in [0.15, 0.2) is 5.69 Å². The van der Waals surface area contributed by atoms with Crippen molar-refractivity contribution >= 4 is 5.91 Å². The van der Waals surface area contributed by atoms with Gasteiger partial charge in [0.1, 0.15) is 5.82 Å². The van der Waals surface area contributed by atoms with Crippen molar-refractivity contribution in [2.24, 2.45) is 5.73 Å². The molecule has 0 spiro atoms. The van der Waals surface area contributed by atoms with Gasteiger partial charge in [0, 0.05) is 24.7 Å². The van der Waals surface area contributed by atoms with Crippen LogP contribution >= 0.6 is 0 Å². The van der Waals surface area contributed by atoms with Gasteiger partial charge in [0.25, 0.3) is 5.91 Å². The Kier molecular flexibility index (Phi) is 5.10. The number of amides is 1. The highest BCUT2D eigenvalue weighted by Gasteiger charge is 2.25. The van der Waals surface area contributed by atoms with Crippen molar-refractivity contribution in [3.05, 3.63) is 71.7 Å². The minimum atomic E-state index is -0.348. The molecule has 1 aromatic heterocycles. The molecule has 1 fully saturated rings. The summed E-state index contributed by atoms with van der Waals surface area (Å²) in [5.41, 5.74) is 8.99. The molecule has 7 heteroatoms. The molecule has 0 bridgehead atoms. The highest BCUT2D eigenvalue weighted by Crippen LogP contribution is 2.26. The maximum absolute atomic E-state index is 13.4. The monoisotopic (exact) mass is 389 g/mol. The van der Waals surface area contributed by atoms with Gasteiger partial charge in [-0.05, 0) is 55.3 Å². The van der Waals surface area contributed by atoms with E-state index >= 15 is 0 Å². The van der Waals surface area contributed by atoms with Crippen LogP contribution in [0, 0.1) is 17.1 Å². The number of piperidine rings is 1. The number of hydrogen-bond acceptors (Lipinski definition) is 4. The third kappa shape index (κ3) is 3.89. The third-order valence-electron chi connectivity index (χ3n) is 5.05. The second-order valence-electron chi connectivity index (χ2n) is 7.15. The van der Waals surface area contributed by atoms with E-state index in [1.165, 1.54) is 12.1 Å². The van der Waals surface area contributed by atoms with Crippen LogP contribution in [0.15, 0.2) is 54.6 Å². The van der Waals surface area contributed by atoms with Crippen LogP contribution in [0.5, 0.6) is 0 Å². The Morgan fingerprint density at radius 3 is 2.55 bits per heavy atom. The predicted molar refractivity (Wildman–Crippen MR) is 107 cm³/mol. The van der Waals surface area contributed by atoms with Gasteiger partial charge in [-0.2, -0.15) is 10.4 Å². The van der Waals surface area contributed by atoms with Gasteiger partial charge in [-0.3, -0.25) is 4.79 Å². The molecular formula is C22H20FN5O. The van der Waals surface area contributed by atoms with E-state index in [1.807, 2.05) is 0 Å². The minimum Gasteiger partial charge on any atom is -0.336 e. The molecule has 1 aliphatic heterocycles. The summed E-state index contributed by atoms with van der Waals surface area (Å²) in [6.07, 6.45) is 1.78. The Morgan fingerprint density at radius 1 is 1.17 bits per heavy atom. The van der Waals surface area contributed by atoms with Crippen LogP contribution in [0.25, 0.3) is 16.9 Å². The largest absolute Gasteiger partial charge is 0.336 e. The first-order valence-corrected chi connectivity index (χ1v) is 9.46. The lowest BCUT2D eigenvalue weighted by Gasteiger charge is -2.30. The number of carbonyl (C=O) groups is 1. The molecule has 2 N–H and O–H groups in total. The first kappa shape index (κ1) is 18.8. The van der Waals surface area contributed by atoms with E-state index in [1.54, 1.807) is 52.0 Å². The lowest BCUT2D eigenvalue weighted by atomic mass is 10.1. The molecule has 1 aliphatic rings. The Hall–Kier alpha value is -3.50. The molecule has 6 nitrogen and oxygen atoms in total. The zero-order valence-electron chi connectivity index (χ0n) is 15.8. The fourth-order valence-corrected chi connectivity index (χ4v) is 3.54. The number of likely N-dealkylation sites (tertiary alicyclic amines) is 1. The van der Waals surface area contributed by atoms with Crippen LogP contribution in [0.3, 0.4) is 0 Å². The molecule has 2 aromatic carbocycles. The summed E-state index contributed by atoms with van der Waals surface area (Å²) in [5.74, 6) is -0.518. The molecule has 1 saturated heterocycles. The average molecular weight is 389 g/mol. The zero-order valence-corrected chi connectivity index (χ0v) is 15.8. The molecule has 2 heterocycles. The quantitative estimate of drug-likeness (QED) is 0.746. The van der Waals surface area contributed by atoms with Gasteiger partial charge >= 0.3 is 0 Å². The van der Waals surface area contributed by atoms with Crippen molar-refractivity contribution in [3.8, 4) is 23.0 Å². The standard InChI is InChI=1S/C22H20FN5O/c23-17-7-9-19(10-8-17)28-21(16-5-3-15(13-24)4-6-16)12-20(26-28)22(29)27-11-1-2-18(25)14-27/h3-10,12,18H,1-2,11,14,25H2. The Bertz CT molecular complexity index is 1070. The lowest BCUT2D eigenvalue weighted by molar-refractivity contribution is 0.0702. The maximum atomic E-state index is 13.4. The van der Waals surface area contributed by atoms with E-state index in [2.05, 4.69) is 11.2 Å². The van der Waals surface area contributed by atoms with Crippen LogP contribution in [0.2, 0.25) is 0 Å². The number of rotatable bonds is 3. The summed E-state index contributed by atoms with van der Waals surface area (Å²) >= 11 is 0. The summed E-state index contributed by atoms with van der Waals surface area (Å²) in [5, 5.41) is 13.6. The Morgan fingerprint density at radius 2 is 1.90 bits per heavy atom. The van der Waals surface area contributed by atoms with Gasteiger partial charge < -0.3 is 10.6 Å². The zero-order chi connectivity index (χ0) is 20.4. The number of benzene rings is 2. The first-order chi connectivity index (χ1) is 14.0. The molecule has 0 aliphatic carbocycles. The van der Waals surface area contributed by atoms with E-state index in [-0.39, 0.29) is 17.8 Å². The molecule has 4 rings (SSSR count). The van der Waals surface area contributed by atoms with Crippen molar-refractivity contribution in [3.63, 3.8) is 0 Å². The van der Waals surface area contributed by atoms with Gasteiger partial charge in [0.2, 0.25) is 0 Å². The van der Waals surface area contributed by atoms with Crippen molar-refractivity contribution in [2.75, 3.05) is 13.1 Å². The molecule has 0 radical (unpaired) electrons. The highest BCUT2D eigenvalue weighted by atomic mass is 19.1. The highest BCUT2D eigenvalue weighted by molar-refractivity contribution is 5.93. The molecule has 1 amide bonds. The summed E-state index contributed by atoms with van der Waals surface area (Å²) in [6.45, 7) is 1.16. The molecule has 29 heavy (non-hydrogen) atoms. The van der Waals surface area contributed by atoms with Crippen LogP contribution in [0.4, 0.5) is 4.39 Å². The van der Waals surface area contributed by atoms with Gasteiger partial charge in [-0.15, -0.1) is 0 Å². The topological polar surface area (TPSA) is 87.9 Å². The molecule has 1 atom stereocenters. The van der Waals surface area contributed by atoms with Crippen molar-refractivity contribution in [1.29, 1.82) is 5.26 Å². The van der Waals surface area contributed by atoms with E-state index in [4.69, 9.17) is 11.0 Å². The van der Waals surface area contributed by atoms with Crippen molar-refractivity contribution in [2.45, 2.75) is 18.9 Å². The maximum Gasteiger partial charge on any atom is 0.274 e. The smallest absolute Gasteiger partial charge is 0.274 e. The Labute approximate surface area is 168 Å². The molecule has 3 aromatic rings. The minimum absolute atomic E-state index is 0.0233. The summed E-state index contributed by atoms with van der Waals surface area (Å²) in [4.78, 5) is 14.7. The number of nitrogens with two attached hydrogens (primary N) is 1. The fourth-order valence-electron chi connectivity index (χ4n) is 3.54. The van der Waals surface area contributed by atoms with Crippen molar-refractivity contribution in [1.82, 2.24) is 14.7 Å². The number of carbonyl (C=O) groups excluding carboxylic acids is 1. The Balaban J connectivity index is 1.76.